The lowest BCUT2D eigenvalue weighted by Gasteiger charge is -2.08. The summed E-state index contributed by atoms with van der Waals surface area (Å²) in [7, 11) is -3.94. The van der Waals surface area contributed by atoms with Gasteiger partial charge in [-0.1, -0.05) is 12.1 Å². The molecule has 33 heavy (non-hydrogen) atoms. The van der Waals surface area contributed by atoms with Gasteiger partial charge < -0.3 is 10.1 Å². The molecule has 3 rings (SSSR count). The number of rotatable bonds is 8. The number of hydrogen-bond donors (Lipinski definition) is 2. The number of sulfonamides is 1. The van der Waals surface area contributed by atoms with E-state index in [2.05, 4.69) is 24.7 Å². The third-order valence-electron chi connectivity index (χ3n) is 4.00. The lowest BCUT2D eigenvalue weighted by Crippen LogP contribution is -2.16. The fourth-order valence-corrected chi connectivity index (χ4v) is 3.47. The third-order valence-corrected chi connectivity index (χ3v) is 5.34. The van der Waals surface area contributed by atoms with Crippen molar-refractivity contribution in [3.05, 3.63) is 78.1 Å². The fraction of sp³-hybridized carbons (Fsp3) is 0.0476. The summed E-state index contributed by atoms with van der Waals surface area (Å²) < 4.78 is 55.7. The van der Waals surface area contributed by atoms with Crippen LogP contribution in [0.2, 0.25) is 0 Å². The van der Waals surface area contributed by atoms with Crippen LogP contribution in [-0.4, -0.2) is 30.9 Å². The Balaban J connectivity index is 1.69. The van der Waals surface area contributed by atoms with Crippen LogP contribution in [0.15, 0.2) is 77.5 Å². The first-order valence-electron chi connectivity index (χ1n) is 9.15. The number of nitriles is 1. The largest absolute Gasteiger partial charge is 0.435 e. The molecule has 168 valence electrons. The molecule has 0 aliphatic rings. The summed E-state index contributed by atoms with van der Waals surface area (Å²) in [4.78, 5) is 19.9. The molecular weight excluding hydrogens is 456 g/mol. The van der Waals surface area contributed by atoms with E-state index in [1.807, 2.05) is 0 Å². The van der Waals surface area contributed by atoms with Crippen LogP contribution < -0.4 is 14.8 Å². The molecule has 12 heteroatoms. The Hall–Kier alpha value is -4.37. The molecule has 1 aromatic heterocycles. The minimum Gasteiger partial charge on any atom is -0.435 e. The highest BCUT2D eigenvalue weighted by Gasteiger charge is 2.16. The van der Waals surface area contributed by atoms with Crippen molar-refractivity contribution in [1.29, 1.82) is 5.26 Å². The standard InChI is InChI=1S/C21H15F2N5O4S/c22-20(23)32-17-6-2-14(3-7-17)12-15(13-24)19(29)27-16-4-8-18(9-5-16)33(30,31)28-21-25-10-1-11-26-21/h1-12,20H,(H,27,29)(H,25,26,28). The topological polar surface area (TPSA) is 134 Å². The van der Waals surface area contributed by atoms with Gasteiger partial charge in [0, 0.05) is 18.1 Å². The van der Waals surface area contributed by atoms with Gasteiger partial charge in [0.05, 0.1) is 4.90 Å². The maximum Gasteiger partial charge on any atom is 0.387 e. The third kappa shape index (κ3) is 6.55. The number of anilines is 2. The Kier molecular flexibility index (Phi) is 7.27. The molecule has 9 nitrogen and oxygen atoms in total. The van der Waals surface area contributed by atoms with E-state index >= 15 is 0 Å². The predicted octanol–water partition coefficient (Wildman–Crippen LogP) is 3.42. The van der Waals surface area contributed by atoms with E-state index < -0.39 is 22.5 Å². The summed E-state index contributed by atoms with van der Waals surface area (Å²) in [5.41, 5.74) is 0.410. The van der Waals surface area contributed by atoms with Crippen molar-refractivity contribution >= 4 is 33.6 Å². The van der Waals surface area contributed by atoms with Crippen molar-refractivity contribution in [1.82, 2.24) is 9.97 Å². The first-order chi connectivity index (χ1) is 15.8. The highest BCUT2D eigenvalue weighted by Crippen LogP contribution is 2.19. The van der Waals surface area contributed by atoms with Gasteiger partial charge in [-0.3, -0.25) is 4.79 Å². The minimum atomic E-state index is -3.94. The molecule has 3 aromatic rings. The maximum atomic E-state index is 12.4. The van der Waals surface area contributed by atoms with Gasteiger partial charge in [-0.25, -0.2) is 23.1 Å². The molecule has 0 fully saturated rings. The molecule has 0 radical (unpaired) electrons. The smallest absolute Gasteiger partial charge is 0.387 e. The summed E-state index contributed by atoms with van der Waals surface area (Å²) >= 11 is 0. The van der Waals surface area contributed by atoms with Crippen molar-refractivity contribution in [3.63, 3.8) is 0 Å². The highest BCUT2D eigenvalue weighted by atomic mass is 32.2. The molecule has 1 heterocycles. The predicted molar refractivity (Wildman–Crippen MR) is 115 cm³/mol. The van der Waals surface area contributed by atoms with Gasteiger partial charge in [0.15, 0.2) is 0 Å². The van der Waals surface area contributed by atoms with E-state index in [1.165, 1.54) is 73.1 Å². The zero-order valence-corrected chi connectivity index (χ0v) is 17.5. The van der Waals surface area contributed by atoms with E-state index in [4.69, 9.17) is 0 Å². The average molecular weight is 471 g/mol. The lowest BCUT2D eigenvalue weighted by molar-refractivity contribution is -0.112. The normalized spacial score (nSPS) is 11.5. The number of halogens is 2. The van der Waals surface area contributed by atoms with E-state index in [-0.39, 0.29) is 27.9 Å². The lowest BCUT2D eigenvalue weighted by atomic mass is 10.1. The number of alkyl halides is 2. The minimum absolute atomic E-state index is 0.0616. The Morgan fingerprint density at radius 1 is 1.06 bits per heavy atom. The van der Waals surface area contributed by atoms with Crippen molar-refractivity contribution in [2.75, 3.05) is 10.0 Å². The van der Waals surface area contributed by atoms with Gasteiger partial charge >= 0.3 is 6.61 Å². The van der Waals surface area contributed by atoms with Crippen LogP contribution in [0, 0.1) is 11.3 Å². The van der Waals surface area contributed by atoms with Crippen LogP contribution in [0.5, 0.6) is 5.75 Å². The Morgan fingerprint density at radius 3 is 2.27 bits per heavy atom. The zero-order chi connectivity index (χ0) is 23.8. The van der Waals surface area contributed by atoms with Crippen LogP contribution in [0.25, 0.3) is 6.08 Å². The molecule has 0 bridgehead atoms. The number of nitrogens with zero attached hydrogens (tertiary/aromatic N) is 3. The molecule has 0 unspecified atom stereocenters. The number of hydrogen-bond acceptors (Lipinski definition) is 7. The van der Waals surface area contributed by atoms with Gasteiger partial charge in [0.1, 0.15) is 17.4 Å². The molecule has 0 atom stereocenters. The van der Waals surface area contributed by atoms with Crippen LogP contribution >= 0.6 is 0 Å². The van der Waals surface area contributed by atoms with Crippen molar-refractivity contribution in [3.8, 4) is 11.8 Å². The van der Waals surface area contributed by atoms with Gasteiger partial charge in [0.25, 0.3) is 15.9 Å². The molecule has 0 saturated heterocycles. The van der Waals surface area contributed by atoms with E-state index in [0.29, 0.717) is 5.56 Å². The van der Waals surface area contributed by atoms with Crippen LogP contribution in [0.4, 0.5) is 20.4 Å². The number of amides is 1. The van der Waals surface area contributed by atoms with Crippen LogP contribution in [-0.2, 0) is 14.8 Å². The molecule has 2 N–H and O–H groups in total. The van der Waals surface area contributed by atoms with Crippen molar-refractivity contribution < 1.29 is 26.7 Å². The average Bonchev–Trinajstić information content (AvgIpc) is 2.79. The zero-order valence-electron chi connectivity index (χ0n) is 16.6. The molecule has 0 spiro atoms. The summed E-state index contributed by atoms with van der Waals surface area (Å²) in [5.74, 6) is -0.891. The number of carbonyl (C=O) groups is 1. The summed E-state index contributed by atoms with van der Waals surface area (Å²) in [6.45, 7) is -2.96. The van der Waals surface area contributed by atoms with Crippen molar-refractivity contribution in [2.24, 2.45) is 0 Å². The van der Waals surface area contributed by atoms with Gasteiger partial charge in [-0.15, -0.1) is 0 Å². The number of benzene rings is 2. The molecular formula is C21H15F2N5O4S. The molecule has 2 aromatic carbocycles. The van der Waals surface area contributed by atoms with Gasteiger partial charge in [0.2, 0.25) is 5.95 Å². The Morgan fingerprint density at radius 2 is 1.70 bits per heavy atom. The van der Waals surface area contributed by atoms with Crippen molar-refractivity contribution in [2.45, 2.75) is 11.5 Å². The maximum absolute atomic E-state index is 12.4. The first-order valence-corrected chi connectivity index (χ1v) is 10.6. The molecule has 0 aliphatic heterocycles. The van der Waals surface area contributed by atoms with Crippen LogP contribution in [0.3, 0.4) is 0 Å². The number of carbonyl (C=O) groups excluding carboxylic acids is 1. The summed E-state index contributed by atoms with van der Waals surface area (Å²) in [6.07, 6.45) is 4.04. The van der Waals surface area contributed by atoms with E-state index in [9.17, 15) is 27.3 Å². The van der Waals surface area contributed by atoms with Gasteiger partial charge in [-0.2, -0.15) is 14.0 Å². The number of nitrogens with one attached hydrogen (secondary N) is 2. The van der Waals surface area contributed by atoms with E-state index in [0.717, 1.165) is 0 Å². The molecule has 0 aliphatic carbocycles. The monoisotopic (exact) mass is 471 g/mol. The summed E-state index contributed by atoms with van der Waals surface area (Å²) in [5, 5.41) is 11.8. The van der Waals surface area contributed by atoms with Crippen LogP contribution in [0.1, 0.15) is 5.56 Å². The van der Waals surface area contributed by atoms with E-state index in [1.54, 1.807) is 6.07 Å². The number of ether oxygens (including phenoxy) is 1. The van der Waals surface area contributed by atoms with Gasteiger partial charge in [-0.05, 0) is 54.1 Å². The SMILES string of the molecule is N#CC(=Cc1ccc(OC(F)F)cc1)C(=O)Nc1ccc(S(=O)(=O)Nc2ncccn2)cc1. The Labute approximate surface area is 187 Å². The molecule has 0 saturated carbocycles. The Bertz CT molecular complexity index is 1290. The second-order valence-corrected chi connectivity index (χ2v) is 7.96. The quantitative estimate of drug-likeness (QED) is 0.380. The number of aromatic nitrogens is 2. The summed E-state index contributed by atoms with van der Waals surface area (Å²) in [6, 6.07) is 13.9. The molecule has 1 amide bonds. The second kappa shape index (κ2) is 10.3. The first kappa shape index (κ1) is 23.3. The fourth-order valence-electron chi connectivity index (χ4n) is 2.51. The highest BCUT2D eigenvalue weighted by molar-refractivity contribution is 7.92. The second-order valence-electron chi connectivity index (χ2n) is 6.27.